The number of methoxy groups -OCH3 is 1. The van der Waals surface area contributed by atoms with E-state index in [0.29, 0.717) is 0 Å². The molecule has 0 aliphatic carbocycles. The van der Waals surface area contributed by atoms with Crippen LogP contribution in [0.3, 0.4) is 0 Å². The van der Waals surface area contributed by atoms with Gasteiger partial charge in [0.15, 0.2) is 6.10 Å². The summed E-state index contributed by atoms with van der Waals surface area (Å²) in [5.74, 6) is -2.18. The van der Waals surface area contributed by atoms with E-state index in [-0.39, 0.29) is 0 Å². The van der Waals surface area contributed by atoms with E-state index in [1.165, 1.54) is 0 Å². The molecule has 2 N–H and O–H groups in total. The minimum Gasteiger partial charge on any atom is -0.481 e. The summed E-state index contributed by atoms with van der Waals surface area (Å²) in [5.41, 5.74) is 0. The summed E-state index contributed by atoms with van der Waals surface area (Å²) >= 11 is 0. The quantitative estimate of drug-likeness (QED) is 0.330. The van der Waals surface area contributed by atoms with Crippen LogP contribution in [0.4, 0.5) is 0 Å². The van der Waals surface area contributed by atoms with Gasteiger partial charge < -0.3 is 9.84 Å². The number of ether oxygens (including phenoxy) is 1. The molecule has 0 heterocycles. The fourth-order valence-electron chi connectivity index (χ4n) is 0.454. The minimum atomic E-state index is -1.45. The van der Waals surface area contributed by atoms with Crippen molar-refractivity contribution in [2.24, 2.45) is 0 Å². The first-order valence-corrected chi connectivity index (χ1v) is 2.71. The van der Waals surface area contributed by atoms with Gasteiger partial charge in [0.2, 0.25) is 0 Å². The first-order valence-electron chi connectivity index (χ1n) is 2.71. The largest absolute Gasteiger partial charge is 0.481 e. The van der Waals surface area contributed by atoms with Crippen LogP contribution in [0.25, 0.3) is 0 Å². The van der Waals surface area contributed by atoms with Gasteiger partial charge in [-0.2, -0.15) is 0 Å². The number of carboxylic acids is 1. The Balaban J connectivity index is 3.94. The van der Waals surface area contributed by atoms with Gasteiger partial charge in [-0.15, -0.1) is 0 Å². The molecular weight excluding hydrogens is 156 g/mol. The zero-order chi connectivity index (χ0) is 8.85. The zero-order valence-corrected chi connectivity index (χ0v) is 5.81. The third-order valence-corrected chi connectivity index (χ3v) is 0.951. The number of aliphatic carboxylic acids is 1. The number of hydrogen-bond donors (Lipinski definition) is 2. The fourth-order valence-corrected chi connectivity index (χ4v) is 0.454. The Morgan fingerprint density at radius 3 is 2.36 bits per heavy atom. The lowest BCUT2D eigenvalue weighted by molar-refractivity contribution is -0.278. The molecule has 6 nitrogen and oxygen atoms in total. The Bertz CT molecular complexity index is 153. The standard InChI is InChI=1S/C5H8O6/c1-10-5(8)3(11-9)2-4(6)7/h3,9H,2H2,1H3,(H,6,7). The van der Waals surface area contributed by atoms with E-state index >= 15 is 0 Å². The Morgan fingerprint density at radius 1 is 1.55 bits per heavy atom. The molecular formula is C5H8O6. The maximum Gasteiger partial charge on any atom is 0.338 e. The summed E-state index contributed by atoms with van der Waals surface area (Å²) in [5, 5.41) is 16.2. The Morgan fingerprint density at radius 2 is 2.09 bits per heavy atom. The van der Waals surface area contributed by atoms with Crippen LogP contribution in [0.2, 0.25) is 0 Å². The number of hydrogen-bond acceptors (Lipinski definition) is 5. The summed E-state index contributed by atoms with van der Waals surface area (Å²) < 4.78 is 4.12. The Kier molecular flexibility index (Phi) is 4.16. The van der Waals surface area contributed by atoms with Crippen molar-refractivity contribution < 1.29 is 29.6 Å². The van der Waals surface area contributed by atoms with Crippen LogP contribution < -0.4 is 0 Å². The first-order chi connectivity index (χ1) is 5.11. The van der Waals surface area contributed by atoms with E-state index in [4.69, 9.17) is 10.4 Å². The van der Waals surface area contributed by atoms with Crippen LogP contribution in [-0.2, 0) is 19.2 Å². The van der Waals surface area contributed by atoms with Gasteiger partial charge in [0.25, 0.3) is 0 Å². The molecule has 11 heavy (non-hydrogen) atoms. The maximum atomic E-state index is 10.5. The highest BCUT2D eigenvalue weighted by molar-refractivity contribution is 5.80. The molecule has 0 aromatic heterocycles. The zero-order valence-electron chi connectivity index (χ0n) is 5.81. The van der Waals surface area contributed by atoms with Crippen LogP contribution in [0, 0.1) is 0 Å². The number of esters is 1. The van der Waals surface area contributed by atoms with Crippen LogP contribution >= 0.6 is 0 Å². The average molecular weight is 164 g/mol. The fraction of sp³-hybridized carbons (Fsp3) is 0.600. The predicted molar refractivity (Wildman–Crippen MR) is 31.8 cm³/mol. The summed E-state index contributed by atoms with van der Waals surface area (Å²) in [7, 11) is 1.07. The van der Waals surface area contributed by atoms with Gasteiger partial charge in [-0.1, -0.05) is 0 Å². The van der Waals surface area contributed by atoms with Crippen LogP contribution in [-0.4, -0.2) is 35.5 Å². The topological polar surface area (TPSA) is 93.1 Å². The van der Waals surface area contributed by atoms with Gasteiger partial charge >= 0.3 is 11.9 Å². The molecule has 0 radical (unpaired) electrons. The second-order valence-corrected chi connectivity index (χ2v) is 1.72. The van der Waals surface area contributed by atoms with Crippen molar-refractivity contribution >= 4 is 11.9 Å². The highest BCUT2D eigenvalue weighted by Gasteiger charge is 2.23. The van der Waals surface area contributed by atoms with E-state index in [2.05, 4.69) is 9.62 Å². The van der Waals surface area contributed by atoms with Gasteiger partial charge in [0.05, 0.1) is 13.5 Å². The number of carbonyl (C=O) groups excluding carboxylic acids is 1. The normalized spacial score (nSPS) is 12.2. The van der Waals surface area contributed by atoms with Crippen molar-refractivity contribution in [3.8, 4) is 0 Å². The lowest BCUT2D eigenvalue weighted by Crippen LogP contribution is -2.27. The summed E-state index contributed by atoms with van der Waals surface area (Å²) in [4.78, 5) is 24.1. The van der Waals surface area contributed by atoms with E-state index in [1.807, 2.05) is 0 Å². The molecule has 0 aromatic rings. The molecule has 0 saturated carbocycles. The van der Waals surface area contributed by atoms with E-state index < -0.39 is 24.5 Å². The van der Waals surface area contributed by atoms with Crippen molar-refractivity contribution in [2.45, 2.75) is 12.5 Å². The van der Waals surface area contributed by atoms with Crippen molar-refractivity contribution in [2.75, 3.05) is 7.11 Å². The van der Waals surface area contributed by atoms with Crippen LogP contribution in [0.5, 0.6) is 0 Å². The lowest BCUT2D eigenvalue weighted by Gasteiger charge is -2.06. The highest BCUT2D eigenvalue weighted by atomic mass is 17.1. The minimum absolute atomic E-state index is 0.622. The molecule has 0 spiro atoms. The Labute approximate surface area is 62.3 Å². The molecule has 1 atom stereocenters. The summed E-state index contributed by atoms with van der Waals surface area (Å²) in [6, 6.07) is 0. The average Bonchev–Trinajstić information content (AvgIpc) is 1.98. The van der Waals surface area contributed by atoms with Gasteiger partial charge in [0.1, 0.15) is 0 Å². The summed E-state index contributed by atoms with van der Waals surface area (Å²) in [6.07, 6.45) is -2.07. The van der Waals surface area contributed by atoms with E-state index in [9.17, 15) is 9.59 Å². The van der Waals surface area contributed by atoms with Crippen molar-refractivity contribution in [1.82, 2.24) is 0 Å². The molecule has 0 saturated heterocycles. The molecule has 1 unspecified atom stereocenters. The van der Waals surface area contributed by atoms with Gasteiger partial charge in [0, 0.05) is 0 Å². The van der Waals surface area contributed by atoms with Crippen LogP contribution in [0.15, 0.2) is 0 Å². The Hall–Kier alpha value is -1.14. The van der Waals surface area contributed by atoms with E-state index in [1.54, 1.807) is 0 Å². The molecule has 64 valence electrons. The number of carboxylic acid groups (broad SMARTS) is 1. The summed E-state index contributed by atoms with van der Waals surface area (Å²) in [6.45, 7) is 0. The van der Waals surface area contributed by atoms with Crippen molar-refractivity contribution in [1.29, 1.82) is 0 Å². The number of rotatable bonds is 4. The molecule has 0 amide bonds. The van der Waals surface area contributed by atoms with Crippen LogP contribution in [0.1, 0.15) is 6.42 Å². The smallest absolute Gasteiger partial charge is 0.338 e. The number of carbonyl (C=O) groups is 2. The monoisotopic (exact) mass is 164 g/mol. The second-order valence-electron chi connectivity index (χ2n) is 1.72. The molecule has 0 rings (SSSR count). The highest BCUT2D eigenvalue weighted by Crippen LogP contribution is 1.98. The molecule has 0 aliphatic rings. The molecule has 0 bridgehead atoms. The SMILES string of the molecule is COC(=O)C(CC(=O)O)OO. The second kappa shape index (κ2) is 4.64. The predicted octanol–water partition coefficient (Wildman–Crippen LogP) is -0.508. The van der Waals surface area contributed by atoms with Gasteiger partial charge in [-0.25, -0.2) is 9.68 Å². The van der Waals surface area contributed by atoms with Gasteiger partial charge in [-0.05, 0) is 0 Å². The first kappa shape index (κ1) is 9.86. The molecule has 0 fully saturated rings. The lowest BCUT2D eigenvalue weighted by atomic mass is 10.2. The van der Waals surface area contributed by atoms with E-state index in [0.717, 1.165) is 7.11 Å². The third kappa shape index (κ3) is 3.54. The molecule has 0 aliphatic heterocycles. The molecule has 0 aromatic carbocycles. The van der Waals surface area contributed by atoms with Crippen molar-refractivity contribution in [3.63, 3.8) is 0 Å². The van der Waals surface area contributed by atoms with Gasteiger partial charge in [-0.3, -0.25) is 10.1 Å². The maximum absolute atomic E-state index is 10.5. The molecule has 6 heteroatoms. The third-order valence-electron chi connectivity index (χ3n) is 0.951. The van der Waals surface area contributed by atoms with Crippen molar-refractivity contribution in [3.05, 3.63) is 0 Å².